The lowest BCUT2D eigenvalue weighted by atomic mass is 9.97. The fraction of sp³-hybridized carbons (Fsp3) is 0. The fourth-order valence-electron chi connectivity index (χ4n) is 3.60. The van der Waals surface area contributed by atoms with Crippen LogP contribution in [-0.2, 0) is 4.79 Å². The van der Waals surface area contributed by atoms with E-state index in [-0.39, 0.29) is 17.3 Å². The average molecular weight is 441 g/mol. The van der Waals surface area contributed by atoms with Gasteiger partial charge in [0.15, 0.2) is 5.75 Å². The molecule has 0 aliphatic heterocycles. The van der Waals surface area contributed by atoms with Gasteiger partial charge in [0.2, 0.25) is 11.5 Å². The van der Waals surface area contributed by atoms with E-state index >= 15 is 0 Å². The minimum Gasteiger partial charge on any atom is -0.508 e. The Kier molecular flexibility index (Phi) is 5.01. The topological polar surface area (TPSA) is 89.6 Å². The number of nitrogens with zero attached hydrogens (tertiary/aromatic N) is 1. The molecule has 0 saturated heterocycles. The molecule has 2 heterocycles. The lowest BCUT2D eigenvalue weighted by molar-refractivity contribution is -0.120. The molecule has 0 spiro atoms. The summed E-state index contributed by atoms with van der Waals surface area (Å²) in [7, 11) is 0. The van der Waals surface area contributed by atoms with Crippen molar-refractivity contribution in [1.82, 2.24) is 5.16 Å². The summed E-state index contributed by atoms with van der Waals surface area (Å²) in [6.45, 7) is 0.318. The molecule has 5 rings (SSSR count). The first-order valence-electron chi connectivity index (χ1n) is 9.67. The van der Waals surface area contributed by atoms with E-state index in [1.54, 1.807) is 24.3 Å². The average Bonchev–Trinajstić information content (AvgIpc) is 3.44. The van der Waals surface area contributed by atoms with Crippen LogP contribution in [0.1, 0.15) is 15.2 Å². The summed E-state index contributed by atoms with van der Waals surface area (Å²) in [6.07, 6.45) is 1.33. The number of phenols is 1. The van der Waals surface area contributed by atoms with E-state index in [0.29, 0.717) is 28.2 Å². The van der Waals surface area contributed by atoms with Crippen molar-refractivity contribution in [3.63, 3.8) is 0 Å². The highest BCUT2D eigenvalue weighted by atomic mass is 32.1. The number of carbonyl (C=O) groups is 2. The molecule has 7 heteroatoms. The van der Waals surface area contributed by atoms with Crippen molar-refractivity contribution < 1.29 is 24.0 Å². The first-order valence-corrected chi connectivity index (χ1v) is 10.5. The molecule has 156 valence electrons. The van der Waals surface area contributed by atoms with E-state index in [4.69, 9.17) is 9.26 Å². The molecule has 0 aliphatic rings. The van der Waals surface area contributed by atoms with E-state index in [1.165, 1.54) is 17.5 Å². The number of aromatic hydroxyl groups is 1. The summed E-state index contributed by atoms with van der Waals surface area (Å²) in [5.74, 6) is 0.628. The molecule has 0 radical (unpaired) electrons. The van der Waals surface area contributed by atoms with Crippen LogP contribution in [-0.4, -0.2) is 22.5 Å². The maximum absolute atomic E-state index is 13.3. The Morgan fingerprint density at radius 1 is 1.00 bits per heavy atom. The monoisotopic (exact) mass is 441 g/mol. The zero-order valence-electron chi connectivity index (χ0n) is 16.5. The summed E-state index contributed by atoms with van der Waals surface area (Å²) < 4.78 is 10.9. The summed E-state index contributed by atoms with van der Waals surface area (Å²) in [6, 6.07) is 21.6. The van der Waals surface area contributed by atoms with Gasteiger partial charge in [0.1, 0.15) is 11.9 Å². The number of aromatic nitrogens is 1. The van der Waals surface area contributed by atoms with Crippen molar-refractivity contribution in [1.29, 1.82) is 0 Å². The molecule has 0 fully saturated rings. The Hall–Kier alpha value is -4.23. The highest BCUT2D eigenvalue weighted by Crippen LogP contribution is 2.42. The van der Waals surface area contributed by atoms with E-state index in [0.717, 1.165) is 21.2 Å². The summed E-state index contributed by atoms with van der Waals surface area (Å²) in [5.41, 5.74) is 2.91. The van der Waals surface area contributed by atoms with Crippen molar-refractivity contribution >= 4 is 33.7 Å². The first kappa shape index (κ1) is 19.7. The largest absolute Gasteiger partial charge is 0.508 e. The number of thiophene rings is 1. The standard InChI is InChI=1S/C25H15NO5S/c27-14-30-20-13-26-31-24(20)17-8-6-15(7-9-17)22-19-11-10-18(28)12-21(19)32-25(22)23(29)16-4-2-1-3-5-16/h1-14,28H. The molecular formula is C25H15NO5S. The van der Waals surface area contributed by atoms with Crippen LogP contribution in [0.2, 0.25) is 0 Å². The second-order valence-electron chi connectivity index (χ2n) is 6.99. The van der Waals surface area contributed by atoms with Gasteiger partial charge in [0, 0.05) is 26.8 Å². The number of hydrogen-bond donors (Lipinski definition) is 1. The number of ether oxygens (including phenoxy) is 1. The fourth-order valence-corrected chi connectivity index (χ4v) is 4.82. The summed E-state index contributed by atoms with van der Waals surface area (Å²) in [5, 5.41) is 14.5. The predicted octanol–water partition coefficient (Wildman–Crippen LogP) is 5.70. The normalized spacial score (nSPS) is 10.9. The summed E-state index contributed by atoms with van der Waals surface area (Å²) >= 11 is 1.35. The van der Waals surface area contributed by atoms with Gasteiger partial charge in [-0.25, -0.2) is 0 Å². The molecule has 2 aromatic heterocycles. The maximum atomic E-state index is 13.3. The van der Waals surface area contributed by atoms with Gasteiger partial charge in [-0.2, -0.15) is 0 Å². The van der Waals surface area contributed by atoms with Gasteiger partial charge in [-0.15, -0.1) is 11.3 Å². The minimum atomic E-state index is -0.0812. The number of rotatable bonds is 6. The molecular weight excluding hydrogens is 426 g/mol. The maximum Gasteiger partial charge on any atom is 0.298 e. The van der Waals surface area contributed by atoms with Crippen molar-refractivity contribution in [2.75, 3.05) is 0 Å². The van der Waals surface area contributed by atoms with Crippen LogP contribution in [0.5, 0.6) is 11.5 Å². The Labute approximate surface area is 186 Å². The van der Waals surface area contributed by atoms with E-state index in [9.17, 15) is 14.7 Å². The quantitative estimate of drug-likeness (QED) is 0.269. The number of hydrogen-bond acceptors (Lipinski definition) is 7. The lowest BCUT2D eigenvalue weighted by Crippen LogP contribution is -2.00. The zero-order valence-corrected chi connectivity index (χ0v) is 17.3. The molecule has 0 amide bonds. The van der Waals surface area contributed by atoms with Crippen LogP contribution in [0.4, 0.5) is 0 Å². The molecule has 0 atom stereocenters. The van der Waals surface area contributed by atoms with Crippen LogP contribution in [0.15, 0.2) is 83.5 Å². The van der Waals surface area contributed by atoms with Crippen molar-refractivity contribution in [3.05, 3.63) is 89.4 Å². The molecule has 1 N–H and O–H groups in total. The van der Waals surface area contributed by atoms with E-state index in [1.807, 2.05) is 48.5 Å². The number of carbonyl (C=O) groups excluding carboxylic acids is 2. The van der Waals surface area contributed by atoms with E-state index < -0.39 is 0 Å². The van der Waals surface area contributed by atoms with Crippen LogP contribution < -0.4 is 4.74 Å². The molecule has 3 aromatic carbocycles. The minimum absolute atomic E-state index is 0.0812. The van der Waals surface area contributed by atoms with Crippen molar-refractivity contribution in [2.24, 2.45) is 0 Å². The second kappa shape index (κ2) is 8.13. The Morgan fingerprint density at radius 3 is 2.50 bits per heavy atom. The van der Waals surface area contributed by atoms with Gasteiger partial charge in [-0.1, -0.05) is 59.8 Å². The lowest BCUT2D eigenvalue weighted by Gasteiger charge is -2.07. The number of ketones is 1. The molecule has 5 aromatic rings. The number of phenolic OH excluding ortho intramolecular Hbond substituents is 1. The van der Waals surface area contributed by atoms with Crippen molar-refractivity contribution in [3.8, 4) is 33.9 Å². The zero-order chi connectivity index (χ0) is 22.1. The third-order valence-corrected chi connectivity index (χ3v) is 6.22. The highest BCUT2D eigenvalue weighted by Gasteiger charge is 2.22. The number of fused-ring (bicyclic) bond motifs is 1. The van der Waals surface area contributed by atoms with E-state index in [2.05, 4.69) is 5.16 Å². The molecule has 0 unspecified atom stereocenters. The van der Waals surface area contributed by atoms with Crippen molar-refractivity contribution in [2.45, 2.75) is 0 Å². The molecule has 0 saturated carbocycles. The van der Waals surface area contributed by atoms with Gasteiger partial charge >= 0.3 is 0 Å². The molecule has 0 aliphatic carbocycles. The van der Waals surface area contributed by atoms with Gasteiger partial charge in [-0.3, -0.25) is 9.59 Å². The summed E-state index contributed by atoms with van der Waals surface area (Å²) in [4.78, 5) is 24.6. The van der Waals surface area contributed by atoms with Crippen LogP contribution in [0.25, 0.3) is 32.5 Å². The number of benzene rings is 3. The third-order valence-electron chi connectivity index (χ3n) is 5.06. The second-order valence-corrected chi connectivity index (χ2v) is 8.04. The Morgan fingerprint density at radius 2 is 1.75 bits per heavy atom. The van der Waals surface area contributed by atoms with Crippen LogP contribution in [0, 0.1) is 0 Å². The van der Waals surface area contributed by atoms with Gasteiger partial charge < -0.3 is 14.4 Å². The van der Waals surface area contributed by atoms with Crippen LogP contribution >= 0.6 is 11.3 Å². The smallest absolute Gasteiger partial charge is 0.298 e. The Balaban J connectivity index is 1.64. The Bertz CT molecular complexity index is 1430. The molecule has 32 heavy (non-hydrogen) atoms. The first-order chi connectivity index (χ1) is 15.7. The van der Waals surface area contributed by atoms with Gasteiger partial charge in [0.25, 0.3) is 6.47 Å². The van der Waals surface area contributed by atoms with Gasteiger partial charge in [0.05, 0.1) is 4.88 Å². The molecule has 6 nitrogen and oxygen atoms in total. The third kappa shape index (κ3) is 3.44. The molecule has 0 bridgehead atoms. The van der Waals surface area contributed by atoms with Crippen LogP contribution in [0.3, 0.4) is 0 Å². The van der Waals surface area contributed by atoms with Gasteiger partial charge in [-0.05, 0) is 23.8 Å². The SMILES string of the molecule is O=COc1cnoc1-c1ccc(-c2c(C(=O)c3ccccc3)sc3cc(O)ccc23)cc1. The predicted molar refractivity (Wildman–Crippen MR) is 121 cm³/mol. The highest BCUT2D eigenvalue weighted by molar-refractivity contribution is 7.21.